The predicted molar refractivity (Wildman–Crippen MR) is 63.4 cm³/mol. The van der Waals surface area contributed by atoms with Crippen LogP contribution in [0.15, 0.2) is 34.3 Å². The maximum atomic E-state index is 10.8. The van der Waals surface area contributed by atoms with E-state index in [0.717, 1.165) is 0 Å². The normalized spacial score (nSPS) is 10.9. The van der Waals surface area contributed by atoms with Crippen molar-refractivity contribution in [2.45, 2.75) is 10.1 Å². The zero-order valence-corrected chi connectivity index (χ0v) is 9.43. The zero-order valence-electron chi connectivity index (χ0n) is 7.72. The minimum atomic E-state index is -4.18. The van der Waals surface area contributed by atoms with Gasteiger partial charge in [0.15, 0.2) is 0 Å². The average Bonchev–Trinajstić information content (AvgIpc) is 2.63. The quantitative estimate of drug-likeness (QED) is 0.443. The molecule has 0 fully saturated rings. The first-order chi connectivity index (χ1) is 7.48. The van der Waals surface area contributed by atoms with Crippen LogP contribution >= 0.6 is 12.6 Å². The first kappa shape index (κ1) is 15.2. The Bertz CT molecular complexity index is 610. The average molecular weight is 298 g/mol. The van der Waals surface area contributed by atoms with Crippen LogP contribution in [0.2, 0.25) is 0 Å². The number of hydrogen-bond donors (Lipinski definition) is 2. The molecule has 10 heteroatoms. The second kappa shape index (κ2) is 5.88. The molecular weight excluding hydrogens is 291 g/mol. The molecule has 7 nitrogen and oxygen atoms in total. The van der Waals surface area contributed by atoms with Crippen LogP contribution in [0.5, 0.6) is 0 Å². The SMILES string of the molecule is O=S(=O)(O)c1ccc(-n2nnnc2S)cc1.[KH]. The van der Waals surface area contributed by atoms with E-state index in [2.05, 4.69) is 28.2 Å². The fourth-order valence-electron chi connectivity index (χ4n) is 1.11. The van der Waals surface area contributed by atoms with Crippen molar-refractivity contribution in [3.63, 3.8) is 0 Å². The molecule has 0 saturated carbocycles. The Morgan fingerprint density at radius 1 is 1.24 bits per heavy atom. The Morgan fingerprint density at radius 2 is 1.82 bits per heavy atom. The van der Waals surface area contributed by atoms with Crippen LogP contribution in [0.4, 0.5) is 0 Å². The fraction of sp³-hybridized carbons (Fsp3) is 0. The van der Waals surface area contributed by atoms with Crippen LogP contribution in [0, 0.1) is 0 Å². The molecule has 1 N–H and O–H groups in total. The van der Waals surface area contributed by atoms with Crippen molar-refractivity contribution >= 4 is 74.1 Å². The molecule has 1 aromatic carbocycles. The topological polar surface area (TPSA) is 98.0 Å². The molecule has 1 heterocycles. The third-order valence-corrected chi connectivity index (χ3v) is 2.98. The number of aromatic nitrogens is 4. The van der Waals surface area contributed by atoms with Gasteiger partial charge in [0.1, 0.15) is 0 Å². The van der Waals surface area contributed by atoms with E-state index in [1.165, 1.54) is 28.9 Å². The van der Waals surface area contributed by atoms with Gasteiger partial charge < -0.3 is 0 Å². The monoisotopic (exact) mass is 298 g/mol. The predicted octanol–water partition coefficient (Wildman–Crippen LogP) is -0.451. The summed E-state index contributed by atoms with van der Waals surface area (Å²) in [5.41, 5.74) is 0.544. The van der Waals surface area contributed by atoms with Gasteiger partial charge in [-0.05, 0) is 34.7 Å². The Kier molecular flexibility index (Phi) is 5.28. The molecule has 17 heavy (non-hydrogen) atoms. The van der Waals surface area contributed by atoms with Gasteiger partial charge in [-0.3, -0.25) is 4.55 Å². The molecule has 0 unspecified atom stereocenters. The summed E-state index contributed by atoms with van der Waals surface area (Å²) in [7, 11) is -4.18. The maximum absolute atomic E-state index is 10.8. The first-order valence-electron chi connectivity index (χ1n) is 4.04. The standard InChI is InChI=1S/C7H6N4O3S2.K.H/c12-16(13,14)6-3-1-5(2-4-6)11-7(15)8-9-10-11;;/h1-4H,(H,8,10,15)(H,12,13,14);;. The van der Waals surface area contributed by atoms with Crippen LogP contribution in [0.3, 0.4) is 0 Å². The van der Waals surface area contributed by atoms with Crippen LogP contribution in [0.1, 0.15) is 0 Å². The Hall–Kier alpha value is 0.186. The van der Waals surface area contributed by atoms with E-state index in [1.54, 1.807) is 0 Å². The van der Waals surface area contributed by atoms with E-state index in [1.807, 2.05) is 0 Å². The number of thiol groups is 1. The molecule has 0 saturated heterocycles. The molecule has 86 valence electrons. The van der Waals surface area contributed by atoms with E-state index in [4.69, 9.17) is 4.55 Å². The first-order valence-corrected chi connectivity index (χ1v) is 5.92. The summed E-state index contributed by atoms with van der Waals surface area (Å²) in [6.07, 6.45) is 0. The second-order valence-electron chi connectivity index (χ2n) is 2.86. The van der Waals surface area contributed by atoms with E-state index >= 15 is 0 Å². The van der Waals surface area contributed by atoms with E-state index in [-0.39, 0.29) is 61.4 Å². The van der Waals surface area contributed by atoms with Gasteiger partial charge in [-0.1, -0.05) is 0 Å². The zero-order chi connectivity index (χ0) is 11.8. The summed E-state index contributed by atoms with van der Waals surface area (Å²) in [5, 5.41) is 10.9. The molecule has 0 aliphatic heterocycles. The summed E-state index contributed by atoms with van der Waals surface area (Å²) < 4.78 is 31.7. The van der Waals surface area contributed by atoms with Crippen LogP contribution in [-0.4, -0.2) is 84.6 Å². The Balaban J connectivity index is 0.00000144. The summed E-state index contributed by atoms with van der Waals surface area (Å²) in [5.74, 6) is 0. The molecule has 0 atom stereocenters. The molecule has 0 bridgehead atoms. The molecule has 0 spiro atoms. The van der Waals surface area contributed by atoms with Crippen molar-refractivity contribution in [3.05, 3.63) is 24.3 Å². The van der Waals surface area contributed by atoms with E-state index < -0.39 is 10.1 Å². The van der Waals surface area contributed by atoms with Gasteiger partial charge >= 0.3 is 51.4 Å². The van der Waals surface area contributed by atoms with Gasteiger partial charge in [-0.15, -0.1) is 17.7 Å². The fourth-order valence-corrected chi connectivity index (χ4v) is 1.78. The van der Waals surface area contributed by atoms with Gasteiger partial charge in [-0.25, -0.2) is 0 Å². The van der Waals surface area contributed by atoms with Crippen LogP contribution in [-0.2, 0) is 10.1 Å². The summed E-state index contributed by atoms with van der Waals surface area (Å²) in [6.45, 7) is 0. The summed E-state index contributed by atoms with van der Waals surface area (Å²) in [4.78, 5) is -0.190. The summed E-state index contributed by atoms with van der Waals surface area (Å²) >= 11 is 4.00. The van der Waals surface area contributed by atoms with E-state index in [0.29, 0.717) is 5.69 Å². The number of benzene rings is 1. The van der Waals surface area contributed by atoms with Gasteiger partial charge in [0.2, 0.25) is 5.16 Å². The van der Waals surface area contributed by atoms with Crippen molar-refractivity contribution in [1.29, 1.82) is 0 Å². The molecular formula is C7H7KN4O3S2. The number of hydrogen-bond acceptors (Lipinski definition) is 6. The van der Waals surface area contributed by atoms with Crippen molar-refractivity contribution < 1.29 is 13.0 Å². The van der Waals surface area contributed by atoms with Crippen molar-refractivity contribution in [2.75, 3.05) is 0 Å². The second-order valence-corrected chi connectivity index (χ2v) is 4.68. The van der Waals surface area contributed by atoms with Crippen molar-refractivity contribution in [3.8, 4) is 5.69 Å². The minimum absolute atomic E-state index is 0. The van der Waals surface area contributed by atoms with E-state index in [9.17, 15) is 8.42 Å². The number of nitrogens with zero attached hydrogens (tertiary/aromatic N) is 4. The molecule has 2 aromatic rings. The number of tetrazole rings is 1. The third kappa shape index (κ3) is 3.57. The van der Waals surface area contributed by atoms with Gasteiger partial charge in [0, 0.05) is 0 Å². The molecule has 0 amide bonds. The molecule has 0 radical (unpaired) electrons. The van der Waals surface area contributed by atoms with Crippen LogP contribution in [0.25, 0.3) is 5.69 Å². The molecule has 0 aliphatic rings. The molecule has 1 aromatic heterocycles. The van der Waals surface area contributed by atoms with Gasteiger partial charge in [0.05, 0.1) is 10.6 Å². The Labute approximate surface area is 145 Å². The molecule has 2 rings (SSSR count). The Morgan fingerprint density at radius 3 is 2.24 bits per heavy atom. The third-order valence-electron chi connectivity index (χ3n) is 1.83. The number of rotatable bonds is 2. The van der Waals surface area contributed by atoms with Crippen molar-refractivity contribution in [1.82, 2.24) is 20.2 Å². The van der Waals surface area contributed by atoms with Crippen LogP contribution < -0.4 is 0 Å². The molecule has 0 aliphatic carbocycles. The van der Waals surface area contributed by atoms with Gasteiger partial charge in [-0.2, -0.15) is 13.1 Å². The van der Waals surface area contributed by atoms with Gasteiger partial charge in [0.25, 0.3) is 10.1 Å². The van der Waals surface area contributed by atoms with Crippen molar-refractivity contribution in [2.24, 2.45) is 0 Å². The summed E-state index contributed by atoms with van der Waals surface area (Å²) in [6, 6.07) is 5.41.